The molecule has 0 saturated heterocycles. The average Bonchev–Trinajstić information content (AvgIpc) is 2.84. The fourth-order valence-electron chi connectivity index (χ4n) is 3.89. The van der Waals surface area contributed by atoms with Crippen LogP contribution >= 0.6 is 11.6 Å². The van der Waals surface area contributed by atoms with Crippen molar-refractivity contribution < 1.29 is 22.7 Å². The molecule has 3 rings (SSSR count). The van der Waals surface area contributed by atoms with Crippen LogP contribution in [0.1, 0.15) is 45.4 Å². The van der Waals surface area contributed by atoms with E-state index in [1.165, 1.54) is 43.5 Å². The fraction of sp³-hybridized carbons (Fsp3) is 0.480. The van der Waals surface area contributed by atoms with E-state index in [9.17, 15) is 13.2 Å². The highest BCUT2D eigenvalue weighted by atomic mass is 35.5. The predicted molar refractivity (Wildman–Crippen MR) is 134 cm³/mol. The minimum Gasteiger partial charge on any atom is -0.494 e. The van der Waals surface area contributed by atoms with Crippen LogP contribution in [-0.2, 0) is 19.6 Å². The summed E-state index contributed by atoms with van der Waals surface area (Å²) in [7, 11) is -3.99. The molecule has 0 aromatic heterocycles. The number of rotatable bonds is 12. The van der Waals surface area contributed by atoms with E-state index in [4.69, 9.17) is 21.1 Å². The third-order valence-electron chi connectivity index (χ3n) is 5.67. The Kier molecular flexibility index (Phi) is 10.0. The van der Waals surface area contributed by atoms with E-state index in [-0.39, 0.29) is 17.3 Å². The van der Waals surface area contributed by atoms with Gasteiger partial charge in [-0.1, -0.05) is 30.9 Å². The van der Waals surface area contributed by atoms with Crippen molar-refractivity contribution in [3.63, 3.8) is 0 Å². The van der Waals surface area contributed by atoms with E-state index in [2.05, 4.69) is 5.32 Å². The Bertz CT molecular complexity index is 1010. The van der Waals surface area contributed by atoms with Gasteiger partial charge < -0.3 is 14.8 Å². The van der Waals surface area contributed by atoms with Crippen LogP contribution in [0.15, 0.2) is 53.4 Å². The SMILES string of the molecule is CCOc1ccc(N(CC(=O)NCCCOC2CCCCC2)S(=O)(=O)c2ccc(Cl)cc2)cc1. The summed E-state index contributed by atoms with van der Waals surface area (Å²) in [6.45, 7) is 3.03. The number of hydrogen-bond donors (Lipinski definition) is 1. The molecule has 186 valence electrons. The number of carbonyl (C=O) groups excluding carboxylic acids is 1. The Morgan fingerprint density at radius 2 is 1.74 bits per heavy atom. The molecule has 1 saturated carbocycles. The second-order valence-corrected chi connectivity index (χ2v) is 10.5. The third-order valence-corrected chi connectivity index (χ3v) is 7.71. The zero-order valence-corrected chi connectivity index (χ0v) is 21.1. The Labute approximate surface area is 207 Å². The first-order valence-corrected chi connectivity index (χ1v) is 13.6. The van der Waals surface area contributed by atoms with E-state index < -0.39 is 10.0 Å². The largest absolute Gasteiger partial charge is 0.494 e. The number of anilines is 1. The zero-order chi connectivity index (χ0) is 24.4. The van der Waals surface area contributed by atoms with Gasteiger partial charge in [-0.25, -0.2) is 8.42 Å². The first-order valence-electron chi connectivity index (χ1n) is 11.8. The molecule has 2 aromatic rings. The van der Waals surface area contributed by atoms with Gasteiger partial charge in [-0.3, -0.25) is 9.10 Å². The molecule has 1 amide bonds. The molecule has 1 aliphatic carbocycles. The van der Waals surface area contributed by atoms with Crippen molar-refractivity contribution >= 4 is 33.2 Å². The van der Waals surface area contributed by atoms with Crippen LogP contribution in [0.25, 0.3) is 0 Å². The normalized spacial score (nSPS) is 14.5. The van der Waals surface area contributed by atoms with Gasteiger partial charge in [0.2, 0.25) is 5.91 Å². The molecule has 0 heterocycles. The average molecular weight is 509 g/mol. The predicted octanol–water partition coefficient (Wildman–Crippen LogP) is 4.79. The maximum absolute atomic E-state index is 13.4. The van der Waals surface area contributed by atoms with Gasteiger partial charge in [0.25, 0.3) is 10.0 Å². The molecule has 1 N–H and O–H groups in total. The number of ether oxygens (including phenoxy) is 2. The van der Waals surface area contributed by atoms with Crippen LogP contribution in [-0.4, -0.2) is 46.7 Å². The van der Waals surface area contributed by atoms with Gasteiger partial charge in [0.15, 0.2) is 0 Å². The Morgan fingerprint density at radius 1 is 1.06 bits per heavy atom. The lowest BCUT2D eigenvalue weighted by atomic mass is 9.98. The Balaban J connectivity index is 1.64. The number of sulfonamides is 1. The van der Waals surface area contributed by atoms with Crippen molar-refractivity contribution in [1.29, 1.82) is 0 Å². The van der Waals surface area contributed by atoms with Crippen molar-refractivity contribution in [3.8, 4) is 5.75 Å². The number of amides is 1. The Hall–Kier alpha value is -2.29. The highest BCUT2D eigenvalue weighted by molar-refractivity contribution is 7.92. The van der Waals surface area contributed by atoms with Gasteiger partial charge in [0, 0.05) is 18.2 Å². The summed E-state index contributed by atoms with van der Waals surface area (Å²) in [6.07, 6.45) is 6.91. The van der Waals surface area contributed by atoms with Gasteiger partial charge in [-0.05, 0) is 74.7 Å². The maximum atomic E-state index is 13.4. The van der Waals surface area contributed by atoms with Crippen molar-refractivity contribution in [2.45, 2.75) is 56.4 Å². The highest BCUT2D eigenvalue weighted by Gasteiger charge is 2.27. The number of halogens is 1. The summed E-state index contributed by atoms with van der Waals surface area (Å²) in [5, 5.41) is 3.24. The summed E-state index contributed by atoms with van der Waals surface area (Å²) < 4.78 is 39.2. The van der Waals surface area contributed by atoms with Crippen LogP contribution in [0.3, 0.4) is 0 Å². The van der Waals surface area contributed by atoms with Crippen LogP contribution in [0.2, 0.25) is 5.02 Å². The van der Waals surface area contributed by atoms with Crippen molar-refractivity contribution in [2.24, 2.45) is 0 Å². The topological polar surface area (TPSA) is 84.9 Å². The molecule has 1 fully saturated rings. The molecule has 0 radical (unpaired) electrons. The Morgan fingerprint density at radius 3 is 2.38 bits per heavy atom. The van der Waals surface area contributed by atoms with E-state index in [1.807, 2.05) is 6.92 Å². The lowest BCUT2D eigenvalue weighted by Gasteiger charge is -2.24. The number of benzene rings is 2. The second-order valence-electron chi connectivity index (χ2n) is 8.23. The van der Waals surface area contributed by atoms with E-state index in [0.717, 1.165) is 17.1 Å². The molecule has 1 aliphatic rings. The molecule has 7 nitrogen and oxygen atoms in total. The minimum atomic E-state index is -3.99. The van der Waals surface area contributed by atoms with E-state index in [1.54, 1.807) is 24.3 Å². The number of nitrogens with one attached hydrogen (secondary N) is 1. The fourth-order valence-corrected chi connectivity index (χ4v) is 5.44. The third kappa shape index (κ3) is 7.61. The molecule has 0 unspecified atom stereocenters. The molecule has 34 heavy (non-hydrogen) atoms. The van der Waals surface area contributed by atoms with Gasteiger partial charge in [0.05, 0.1) is 23.3 Å². The maximum Gasteiger partial charge on any atom is 0.264 e. The number of nitrogens with zero attached hydrogens (tertiary/aromatic N) is 1. The first kappa shape index (κ1) is 26.3. The quantitative estimate of drug-likeness (QED) is 0.417. The summed E-state index contributed by atoms with van der Waals surface area (Å²) in [5.74, 6) is 0.238. The summed E-state index contributed by atoms with van der Waals surface area (Å²) in [6, 6.07) is 12.5. The molecule has 0 bridgehead atoms. The molecule has 2 aromatic carbocycles. The summed E-state index contributed by atoms with van der Waals surface area (Å²) >= 11 is 5.93. The van der Waals surface area contributed by atoms with Gasteiger partial charge >= 0.3 is 0 Å². The van der Waals surface area contributed by atoms with Crippen molar-refractivity contribution in [2.75, 3.05) is 30.6 Å². The summed E-state index contributed by atoms with van der Waals surface area (Å²) in [4.78, 5) is 12.7. The lowest BCUT2D eigenvalue weighted by Crippen LogP contribution is -2.41. The van der Waals surface area contributed by atoms with Crippen LogP contribution < -0.4 is 14.4 Å². The number of hydrogen-bond acceptors (Lipinski definition) is 5. The second kappa shape index (κ2) is 13.0. The molecule has 0 aliphatic heterocycles. The summed E-state index contributed by atoms with van der Waals surface area (Å²) in [5.41, 5.74) is 0.370. The molecule has 9 heteroatoms. The van der Waals surface area contributed by atoms with Crippen molar-refractivity contribution in [3.05, 3.63) is 53.6 Å². The van der Waals surface area contributed by atoms with Crippen LogP contribution in [0, 0.1) is 0 Å². The lowest BCUT2D eigenvalue weighted by molar-refractivity contribution is -0.119. The first-order chi connectivity index (χ1) is 16.4. The standard InChI is InChI=1S/C25H33ClN2O5S/c1-2-32-23-13-11-21(12-14-23)28(34(30,31)24-15-9-20(26)10-16-24)19-25(29)27-17-6-18-33-22-7-4-3-5-8-22/h9-16,22H,2-8,17-19H2,1H3,(H,27,29). The molecular weight excluding hydrogens is 476 g/mol. The van der Waals surface area contributed by atoms with Gasteiger partial charge in [-0.15, -0.1) is 0 Å². The van der Waals surface area contributed by atoms with E-state index in [0.29, 0.717) is 48.7 Å². The van der Waals surface area contributed by atoms with E-state index >= 15 is 0 Å². The molecular formula is C25H33ClN2O5S. The monoisotopic (exact) mass is 508 g/mol. The number of carbonyl (C=O) groups is 1. The molecule has 0 spiro atoms. The zero-order valence-electron chi connectivity index (χ0n) is 19.5. The van der Waals surface area contributed by atoms with Crippen molar-refractivity contribution in [1.82, 2.24) is 5.32 Å². The minimum absolute atomic E-state index is 0.0551. The van der Waals surface area contributed by atoms with Crippen LogP contribution in [0.5, 0.6) is 5.75 Å². The highest BCUT2D eigenvalue weighted by Crippen LogP contribution is 2.26. The smallest absolute Gasteiger partial charge is 0.264 e. The van der Waals surface area contributed by atoms with Crippen LogP contribution in [0.4, 0.5) is 5.69 Å². The van der Waals surface area contributed by atoms with Gasteiger partial charge in [0.1, 0.15) is 12.3 Å². The molecule has 0 atom stereocenters. The van der Waals surface area contributed by atoms with Gasteiger partial charge in [-0.2, -0.15) is 0 Å².